The lowest BCUT2D eigenvalue weighted by Gasteiger charge is -2.55. The van der Waals surface area contributed by atoms with E-state index in [-0.39, 0.29) is 0 Å². The predicted octanol–water partition coefficient (Wildman–Crippen LogP) is 2.23. The van der Waals surface area contributed by atoms with Crippen molar-refractivity contribution in [1.82, 2.24) is 20.6 Å². The van der Waals surface area contributed by atoms with Crippen LogP contribution in [0.4, 0.5) is 0 Å². The van der Waals surface area contributed by atoms with Gasteiger partial charge in [-0.2, -0.15) is 5.21 Å². The third kappa shape index (κ3) is 2.07. The Morgan fingerprint density at radius 3 is 2.35 bits per heavy atom. The molecule has 1 aromatic heterocycles. The van der Waals surface area contributed by atoms with E-state index in [0.717, 1.165) is 36.0 Å². The number of nitrogens with two attached hydrogens (primary N) is 1. The molecule has 0 radical (unpaired) electrons. The van der Waals surface area contributed by atoms with E-state index in [2.05, 4.69) is 20.6 Å². The van der Waals surface area contributed by atoms with Gasteiger partial charge in [-0.15, -0.1) is 10.2 Å². The molecule has 4 bridgehead atoms. The minimum Gasteiger partial charge on any atom is -0.319 e. The molecule has 4 saturated carbocycles. The van der Waals surface area contributed by atoms with Crippen LogP contribution in [-0.4, -0.2) is 20.6 Å². The summed E-state index contributed by atoms with van der Waals surface area (Å²) in [7, 11) is 0. The van der Waals surface area contributed by atoms with Crippen LogP contribution in [0, 0.1) is 29.6 Å². The molecule has 4 aliphatic carbocycles. The van der Waals surface area contributed by atoms with Crippen molar-refractivity contribution in [3.05, 3.63) is 5.82 Å². The summed E-state index contributed by atoms with van der Waals surface area (Å²) in [6.45, 7) is 2.04. The van der Waals surface area contributed by atoms with Gasteiger partial charge in [0.25, 0.3) is 0 Å². The zero-order chi connectivity index (χ0) is 13.7. The predicted molar refractivity (Wildman–Crippen MR) is 75.5 cm³/mol. The Kier molecular flexibility index (Phi) is 2.88. The maximum atomic E-state index is 6.40. The second-order valence-corrected chi connectivity index (χ2v) is 7.79. The second-order valence-electron chi connectivity index (χ2n) is 7.79. The Labute approximate surface area is 120 Å². The monoisotopic (exact) mass is 275 g/mol. The van der Waals surface area contributed by atoms with E-state index in [1.807, 2.05) is 6.92 Å². The van der Waals surface area contributed by atoms with Crippen LogP contribution < -0.4 is 5.73 Å². The van der Waals surface area contributed by atoms with Crippen LogP contribution in [0.15, 0.2) is 0 Å². The lowest BCUT2D eigenvalue weighted by Crippen LogP contribution is -2.46. The first-order valence-electron chi connectivity index (χ1n) is 8.14. The number of aromatic nitrogens is 4. The van der Waals surface area contributed by atoms with E-state index in [0.29, 0.717) is 5.82 Å². The molecule has 3 N–H and O–H groups in total. The van der Waals surface area contributed by atoms with Gasteiger partial charge in [0.15, 0.2) is 5.82 Å². The Hall–Kier alpha value is -0.970. The molecule has 4 fully saturated rings. The summed E-state index contributed by atoms with van der Waals surface area (Å²) in [4.78, 5) is 0. The molecule has 5 heteroatoms. The smallest absolute Gasteiger partial charge is 0.194 e. The zero-order valence-electron chi connectivity index (χ0n) is 12.3. The molecule has 110 valence electrons. The van der Waals surface area contributed by atoms with Crippen LogP contribution in [0.5, 0.6) is 0 Å². The van der Waals surface area contributed by atoms with Crippen molar-refractivity contribution >= 4 is 0 Å². The summed E-state index contributed by atoms with van der Waals surface area (Å²) in [6, 6.07) is 0. The molecular formula is C15H25N5. The summed E-state index contributed by atoms with van der Waals surface area (Å²) < 4.78 is 0. The van der Waals surface area contributed by atoms with Crippen LogP contribution in [0.1, 0.15) is 57.7 Å². The SMILES string of the molecule is CC(N)(CCC1C2CC3CC(C2)CC1C3)c1nn[nH]n1. The van der Waals surface area contributed by atoms with Crippen LogP contribution in [-0.2, 0) is 5.54 Å². The molecule has 0 aliphatic heterocycles. The number of hydrogen-bond donors (Lipinski definition) is 2. The topological polar surface area (TPSA) is 80.5 Å². The second kappa shape index (κ2) is 4.52. The first-order valence-corrected chi connectivity index (χ1v) is 8.14. The number of aromatic amines is 1. The normalized spacial score (nSPS) is 41.8. The van der Waals surface area contributed by atoms with Gasteiger partial charge in [0.1, 0.15) is 0 Å². The van der Waals surface area contributed by atoms with Crippen molar-refractivity contribution < 1.29 is 0 Å². The summed E-state index contributed by atoms with van der Waals surface area (Å²) in [5.41, 5.74) is 5.96. The van der Waals surface area contributed by atoms with Gasteiger partial charge in [-0.3, -0.25) is 0 Å². The summed E-state index contributed by atoms with van der Waals surface area (Å²) >= 11 is 0. The fourth-order valence-corrected chi connectivity index (χ4v) is 5.49. The average Bonchev–Trinajstić information content (AvgIpc) is 2.91. The molecule has 4 aliphatic rings. The van der Waals surface area contributed by atoms with Gasteiger partial charge in [0.05, 0.1) is 5.54 Å². The number of nitrogens with zero attached hydrogens (tertiary/aromatic N) is 3. The highest BCUT2D eigenvalue weighted by atomic mass is 15.5. The molecular weight excluding hydrogens is 250 g/mol. The highest BCUT2D eigenvalue weighted by molar-refractivity contribution is 5.01. The van der Waals surface area contributed by atoms with E-state index >= 15 is 0 Å². The number of rotatable bonds is 4. The molecule has 0 aromatic carbocycles. The van der Waals surface area contributed by atoms with E-state index in [1.165, 1.54) is 38.5 Å². The molecule has 1 aromatic rings. The third-order valence-electron chi connectivity index (χ3n) is 6.28. The maximum Gasteiger partial charge on any atom is 0.194 e. The standard InChI is InChI=1S/C15H25N5/c1-15(16,14-17-19-20-18-14)3-2-13-11-5-9-4-10(7-11)8-12(13)6-9/h9-13H,2-8,16H2,1H3,(H,17,18,19,20). The van der Waals surface area contributed by atoms with E-state index in [4.69, 9.17) is 5.73 Å². The van der Waals surface area contributed by atoms with Crippen molar-refractivity contribution in [2.75, 3.05) is 0 Å². The summed E-state index contributed by atoms with van der Waals surface area (Å²) in [6.07, 6.45) is 9.68. The van der Waals surface area contributed by atoms with Crippen molar-refractivity contribution in [2.24, 2.45) is 35.3 Å². The average molecular weight is 275 g/mol. The van der Waals surface area contributed by atoms with Crippen molar-refractivity contribution in [1.29, 1.82) is 0 Å². The van der Waals surface area contributed by atoms with Gasteiger partial charge < -0.3 is 5.73 Å². The van der Waals surface area contributed by atoms with Crippen molar-refractivity contribution in [2.45, 2.75) is 57.4 Å². The highest BCUT2D eigenvalue weighted by Gasteiger charge is 2.48. The van der Waals surface area contributed by atoms with E-state index in [9.17, 15) is 0 Å². The van der Waals surface area contributed by atoms with Crippen LogP contribution in [0.25, 0.3) is 0 Å². The Bertz CT molecular complexity index is 439. The van der Waals surface area contributed by atoms with Crippen LogP contribution in [0.2, 0.25) is 0 Å². The third-order valence-corrected chi connectivity index (χ3v) is 6.28. The Balaban J connectivity index is 1.42. The molecule has 5 rings (SSSR count). The van der Waals surface area contributed by atoms with Gasteiger partial charge in [-0.05, 0) is 81.5 Å². The van der Waals surface area contributed by atoms with Crippen LogP contribution >= 0.6 is 0 Å². The van der Waals surface area contributed by atoms with Gasteiger partial charge in [0.2, 0.25) is 0 Å². The quantitative estimate of drug-likeness (QED) is 0.883. The largest absolute Gasteiger partial charge is 0.319 e. The van der Waals surface area contributed by atoms with Gasteiger partial charge in [-0.1, -0.05) is 5.21 Å². The summed E-state index contributed by atoms with van der Waals surface area (Å²) in [5.74, 6) is 5.61. The molecule has 20 heavy (non-hydrogen) atoms. The van der Waals surface area contributed by atoms with Crippen LogP contribution in [0.3, 0.4) is 0 Å². The van der Waals surface area contributed by atoms with Crippen molar-refractivity contribution in [3.8, 4) is 0 Å². The fourth-order valence-electron chi connectivity index (χ4n) is 5.49. The van der Waals surface area contributed by atoms with Gasteiger partial charge in [0, 0.05) is 0 Å². The fraction of sp³-hybridized carbons (Fsp3) is 0.933. The number of tetrazole rings is 1. The molecule has 5 nitrogen and oxygen atoms in total. The molecule has 0 spiro atoms. The number of hydrogen-bond acceptors (Lipinski definition) is 4. The first-order chi connectivity index (χ1) is 9.62. The van der Waals surface area contributed by atoms with E-state index in [1.54, 1.807) is 0 Å². The first kappa shape index (κ1) is 12.7. The Morgan fingerprint density at radius 1 is 1.15 bits per heavy atom. The lowest BCUT2D eigenvalue weighted by molar-refractivity contribution is -0.0422. The molecule has 1 heterocycles. The van der Waals surface area contributed by atoms with Gasteiger partial charge in [-0.25, -0.2) is 0 Å². The molecule has 0 amide bonds. The maximum absolute atomic E-state index is 6.40. The van der Waals surface area contributed by atoms with Crippen molar-refractivity contribution in [3.63, 3.8) is 0 Å². The molecule has 1 unspecified atom stereocenters. The molecule has 0 saturated heterocycles. The number of nitrogens with one attached hydrogen (secondary N) is 1. The minimum absolute atomic E-state index is 0.443. The minimum atomic E-state index is -0.443. The van der Waals surface area contributed by atoms with E-state index < -0.39 is 5.54 Å². The molecule has 1 atom stereocenters. The summed E-state index contributed by atoms with van der Waals surface area (Å²) in [5, 5.41) is 14.3. The highest BCUT2D eigenvalue weighted by Crippen LogP contribution is 2.57. The zero-order valence-corrected chi connectivity index (χ0v) is 12.3. The Morgan fingerprint density at radius 2 is 1.80 bits per heavy atom. The number of H-pyrrole nitrogens is 1. The lowest BCUT2D eigenvalue weighted by atomic mass is 9.51. The van der Waals surface area contributed by atoms with Gasteiger partial charge >= 0.3 is 0 Å².